The van der Waals surface area contributed by atoms with Crippen molar-refractivity contribution in [3.05, 3.63) is 114 Å². The first-order chi connectivity index (χ1) is 20.4. The number of likely N-dealkylation sites (tertiary alicyclic amines) is 1. The Morgan fingerprint density at radius 1 is 0.881 bits per heavy atom. The number of carbonyl (C=O) groups excluding carboxylic acids is 2. The van der Waals surface area contributed by atoms with E-state index in [1.165, 1.54) is 12.1 Å². The van der Waals surface area contributed by atoms with Crippen molar-refractivity contribution in [2.75, 3.05) is 19.7 Å². The molecule has 4 aromatic carbocycles. The van der Waals surface area contributed by atoms with Gasteiger partial charge in [-0.15, -0.1) is 0 Å². The van der Waals surface area contributed by atoms with Crippen LogP contribution >= 0.6 is 0 Å². The lowest BCUT2D eigenvalue weighted by atomic mass is 10.0. The zero-order valence-corrected chi connectivity index (χ0v) is 22.8. The van der Waals surface area contributed by atoms with Crippen LogP contribution in [0.4, 0.5) is 4.39 Å². The first-order valence-corrected chi connectivity index (χ1v) is 13.8. The number of benzene rings is 4. The molecule has 3 N–H and O–H groups in total. The van der Waals surface area contributed by atoms with E-state index in [1.807, 2.05) is 36.4 Å². The number of nitrogens with zero attached hydrogens (tertiary/aromatic N) is 1. The molecule has 3 aliphatic heterocycles. The monoisotopic (exact) mass is 567 g/mol. The number of halogens is 1. The minimum absolute atomic E-state index is 0.0814. The number of ether oxygens (including phenoxy) is 2. The Balaban J connectivity index is 1.31. The summed E-state index contributed by atoms with van der Waals surface area (Å²) in [7, 11) is 0. The number of amides is 2. The van der Waals surface area contributed by atoms with Gasteiger partial charge in [0.2, 0.25) is 0 Å². The molecule has 0 aromatic heterocycles. The third-order valence-corrected chi connectivity index (χ3v) is 7.42. The number of fused-ring (bicyclic) bond motifs is 7. The Morgan fingerprint density at radius 2 is 1.69 bits per heavy atom. The van der Waals surface area contributed by atoms with Crippen LogP contribution in [0.3, 0.4) is 0 Å². The maximum absolute atomic E-state index is 15.0. The van der Waals surface area contributed by atoms with E-state index in [2.05, 4.69) is 15.5 Å². The molecular formula is C33H30FN3O5. The van der Waals surface area contributed by atoms with E-state index in [9.17, 15) is 19.1 Å². The van der Waals surface area contributed by atoms with Crippen LogP contribution in [-0.2, 0) is 17.9 Å². The Morgan fingerprint density at radius 3 is 2.52 bits per heavy atom. The van der Waals surface area contributed by atoms with Crippen molar-refractivity contribution in [1.29, 1.82) is 0 Å². The fourth-order valence-corrected chi connectivity index (χ4v) is 5.30. The number of rotatable bonds is 2. The van der Waals surface area contributed by atoms with Crippen LogP contribution in [0, 0.1) is 5.82 Å². The van der Waals surface area contributed by atoms with Gasteiger partial charge in [0.05, 0.1) is 11.6 Å². The van der Waals surface area contributed by atoms with Gasteiger partial charge in [-0.1, -0.05) is 42.5 Å². The van der Waals surface area contributed by atoms with Crippen LogP contribution in [0.2, 0.25) is 0 Å². The Hall–Kier alpha value is -4.89. The summed E-state index contributed by atoms with van der Waals surface area (Å²) in [6.07, 6.45) is -0.414. The molecule has 42 heavy (non-hydrogen) atoms. The van der Waals surface area contributed by atoms with E-state index < -0.39 is 23.9 Å². The highest BCUT2D eigenvalue weighted by molar-refractivity contribution is 5.96. The average molecular weight is 568 g/mol. The van der Waals surface area contributed by atoms with Gasteiger partial charge in [0.1, 0.15) is 29.2 Å². The van der Waals surface area contributed by atoms with Gasteiger partial charge in [0, 0.05) is 26.2 Å². The van der Waals surface area contributed by atoms with Crippen LogP contribution < -0.4 is 20.1 Å². The second-order valence-electron chi connectivity index (χ2n) is 10.5. The SMILES string of the molecule is O=C1COc2cccc(c2)-c2ccc(F)c(c2)C(=O)N[C@H]2CN(Cc3cccc(O)c3)C[C@@H]2Oc2ccc(cc2)CN1. The minimum Gasteiger partial charge on any atom is -0.508 e. The number of carbonyl (C=O) groups is 2. The Kier molecular flexibility index (Phi) is 7.74. The summed E-state index contributed by atoms with van der Waals surface area (Å²) < 4.78 is 27.0. The second kappa shape index (κ2) is 11.9. The molecule has 0 radical (unpaired) electrons. The van der Waals surface area contributed by atoms with Crippen LogP contribution in [0.25, 0.3) is 11.1 Å². The van der Waals surface area contributed by atoms with Gasteiger partial charge >= 0.3 is 0 Å². The lowest BCUT2D eigenvalue weighted by molar-refractivity contribution is -0.123. The van der Waals surface area contributed by atoms with Crippen molar-refractivity contribution in [1.82, 2.24) is 15.5 Å². The van der Waals surface area contributed by atoms with Crippen molar-refractivity contribution in [2.24, 2.45) is 0 Å². The standard InChI is InChI=1S/C33H30FN3O5/c34-29-12-9-24-15-28(29)33(40)36-30-18-37(17-22-3-1-5-25(38)13-22)19-31(30)42-26-10-7-21(8-11-26)16-35-32(39)20-41-27-6-2-4-23(24)14-27/h1-15,30-31,38H,16-20H2,(H,35,39)(H,36,40)/t30-,31-/m0/s1. The third kappa shape index (κ3) is 6.37. The van der Waals surface area contributed by atoms with Gasteiger partial charge in [-0.05, 0) is 70.8 Å². The highest BCUT2D eigenvalue weighted by Crippen LogP contribution is 2.27. The predicted octanol–water partition coefficient (Wildman–Crippen LogP) is 4.27. The van der Waals surface area contributed by atoms with Gasteiger partial charge in [-0.25, -0.2) is 4.39 Å². The molecule has 6 bridgehead atoms. The summed E-state index contributed by atoms with van der Waals surface area (Å²) in [5.74, 6) is -0.168. The van der Waals surface area contributed by atoms with Gasteiger partial charge in [0.15, 0.2) is 6.61 Å². The highest BCUT2D eigenvalue weighted by atomic mass is 19.1. The molecule has 9 heteroatoms. The van der Waals surface area contributed by atoms with Crippen LogP contribution in [-0.4, -0.2) is 53.7 Å². The number of nitrogens with one attached hydrogen (secondary N) is 2. The third-order valence-electron chi connectivity index (χ3n) is 7.42. The molecule has 8 nitrogen and oxygen atoms in total. The molecule has 0 saturated carbocycles. The van der Waals surface area contributed by atoms with Gasteiger partial charge < -0.3 is 25.2 Å². The number of phenols is 1. The molecule has 3 heterocycles. The molecule has 0 aliphatic carbocycles. The molecule has 214 valence electrons. The van der Waals surface area contributed by atoms with Crippen molar-refractivity contribution in [2.45, 2.75) is 25.2 Å². The summed E-state index contributed by atoms with van der Waals surface area (Å²) in [5, 5.41) is 15.8. The molecule has 2 amide bonds. The summed E-state index contributed by atoms with van der Waals surface area (Å²) >= 11 is 0. The molecule has 4 aromatic rings. The Bertz CT molecular complexity index is 1610. The van der Waals surface area contributed by atoms with E-state index >= 15 is 0 Å². The lowest BCUT2D eigenvalue weighted by Gasteiger charge is -2.22. The Labute approximate surface area is 242 Å². The predicted molar refractivity (Wildman–Crippen MR) is 155 cm³/mol. The molecule has 1 saturated heterocycles. The topological polar surface area (TPSA) is 100 Å². The molecular weight excluding hydrogens is 537 g/mol. The fraction of sp³-hybridized carbons (Fsp3) is 0.212. The smallest absolute Gasteiger partial charge is 0.258 e. The maximum atomic E-state index is 15.0. The zero-order valence-electron chi connectivity index (χ0n) is 22.8. The normalized spacial score (nSPS) is 19.2. The van der Waals surface area contributed by atoms with Gasteiger partial charge in [-0.3, -0.25) is 14.5 Å². The van der Waals surface area contributed by atoms with Crippen LogP contribution in [0.5, 0.6) is 17.2 Å². The first-order valence-electron chi connectivity index (χ1n) is 13.8. The largest absolute Gasteiger partial charge is 0.508 e. The van der Waals surface area contributed by atoms with Crippen molar-refractivity contribution in [3.8, 4) is 28.4 Å². The van der Waals surface area contributed by atoms with Gasteiger partial charge in [0.25, 0.3) is 11.8 Å². The molecule has 1 fully saturated rings. The summed E-state index contributed by atoms with van der Waals surface area (Å²) in [4.78, 5) is 28.0. The van der Waals surface area contributed by atoms with Gasteiger partial charge in [-0.2, -0.15) is 0 Å². The van der Waals surface area contributed by atoms with E-state index in [1.54, 1.807) is 42.5 Å². The fourth-order valence-electron chi connectivity index (χ4n) is 5.30. The van der Waals surface area contributed by atoms with E-state index in [0.29, 0.717) is 43.2 Å². The highest BCUT2D eigenvalue weighted by Gasteiger charge is 2.36. The molecule has 0 unspecified atom stereocenters. The summed E-state index contributed by atoms with van der Waals surface area (Å²) in [6, 6.07) is 25.5. The minimum atomic E-state index is -0.634. The van der Waals surface area contributed by atoms with Crippen LogP contribution in [0.1, 0.15) is 21.5 Å². The summed E-state index contributed by atoms with van der Waals surface area (Å²) in [5.41, 5.74) is 3.09. The molecule has 2 atom stereocenters. The first kappa shape index (κ1) is 27.3. The molecule has 3 aliphatic rings. The number of phenolic OH excluding ortho intramolecular Hbond substituents is 1. The lowest BCUT2D eigenvalue weighted by Crippen LogP contribution is -2.45. The average Bonchev–Trinajstić information content (AvgIpc) is 3.35. The number of hydrogen-bond acceptors (Lipinski definition) is 6. The van der Waals surface area contributed by atoms with Crippen molar-refractivity contribution >= 4 is 11.8 Å². The summed E-state index contributed by atoms with van der Waals surface area (Å²) in [6.45, 7) is 1.69. The van der Waals surface area contributed by atoms with Crippen LogP contribution in [0.15, 0.2) is 91.0 Å². The molecule has 7 rings (SSSR count). The van der Waals surface area contributed by atoms with E-state index in [0.717, 1.165) is 16.7 Å². The van der Waals surface area contributed by atoms with E-state index in [-0.39, 0.29) is 23.8 Å². The van der Waals surface area contributed by atoms with E-state index in [4.69, 9.17) is 9.47 Å². The quantitative estimate of drug-likeness (QED) is 0.335. The second-order valence-corrected chi connectivity index (χ2v) is 10.5. The van der Waals surface area contributed by atoms with Crippen molar-refractivity contribution < 1.29 is 28.6 Å². The maximum Gasteiger partial charge on any atom is 0.258 e. The number of aromatic hydroxyl groups is 1. The number of hydrogen-bond donors (Lipinski definition) is 3. The van der Waals surface area contributed by atoms with Crippen molar-refractivity contribution in [3.63, 3.8) is 0 Å². The zero-order chi connectivity index (χ0) is 29.1. The molecule has 0 spiro atoms.